The summed E-state index contributed by atoms with van der Waals surface area (Å²) in [6.07, 6.45) is -0.00651. The molecule has 134 valence electrons. The summed E-state index contributed by atoms with van der Waals surface area (Å²) in [6, 6.07) is 13.0. The molecule has 0 aliphatic rings. The second-order valence-electron chi connectivity index (χ2n) is 5.07. The van der Waals surface area contributed by atoms with Gasteiger partial charge in [-0.25, -0.2) is 13.1 Å². The van der Waals surface area contributed by atoms with Gasteiger partial charge in [-0.1, -0.05) is 12.1 Å². The van der Waals surface area contributed by atoms with Gasteiger partial charge in [0.1, 0.15) is 11.5 Å². The first kappa shape index (κ1) is 18.8. The molecule has 0 aliphatic heterocycles. The number of carbonyl (C=O) groups excluding carboxylic acids is 1. The number of methoxy groups -OCH3 is 2. The molecule has 0 bridgehead atoms. The molecule has 0 aromatic heterocycles. The fraction of sp³-hybridized carbons (Fsp3) is 0.235. The minimum atomic E-state index is -3.68. The molecule has 8 heteroatoms. The number of rotatable bonds is 8. The summed E-state index contributed by atoms with van der Waals surface area (Å²) in [6.45, 7) is -0.0185. The van der Waals surface area contributed by atoms with Crippen molar-refractivity contribution in [2.45, 2.75) is 11.3 Å². The molecule has 0 aliphatic carbocycles. The summed E-state index contributed by atoms with van der Waals surface area (Å²) in [5, 5.41) is 2.69. The lowest BCUT2D eigenvalue weighted by molar-refractivity contribution is -0.116. The molecule has 0 spiro atoms. The molecular weight excluding hydrogens is 344 g/mol. The molecule has 7 nitrogen and oxygen atoms in total. The van der Waals surface area contributed by atoms with Gasteiger partial charge in [-0.05, 0) is 36.4 Å². The highest BCUT2D eigenvalue weighted by atomic mass is 32.2. The Hall–Kier alpha value is -2.58. The van der Waals surface area contributed by atoms with Crippen LogP contribution < -0.4 is 19.5 Å². The van der Waals surface area contributed by atoms with Crippen LogP contribution in [0.15, 0.2) is 53.4 Å². The Balaban J connectivity index is 1.89. The zero-order valence-electron chi connectivity index (χ0n) is 14.0. The maximum absolute atomic E-state index is 12.2. The first-order valence-corrected chi connectivity index (χ1v) is 9.01. The van der Waals surface area contributed by atoms with Crippen molar-refractivity contribution in [3.05, 3.63) is 48.5 Å². The Morgan fingerprint density at radius 1 is 1.00 bits per heavy atom. The third-order valence-corrected chi connectivity index (χ3v) is 4.87. The number of para-hydroxylation sites is 2. The van der Waals surface area contributed by atoms with Gasteiger partial charge in [0.15, 0.2) is 0 Å². The van der Waals surface area contributed by atoms with Crippen molar-refractivity contribution in [1.82, 2.24) is 4.72 Å². The standard InChI is InChI=1S/C17H20N2O5S/c1-23-13-7-9-14(10-8-13)25(21,22)18-12-11-17(20)19-15-5-3-4-6-16(15)24-2/h3-10,18H,11-12H2,1-2H3,(H,19,20). The van der Waals surface area contributed by atoms with Crippen LogP contribution in [0.1, 0.15) is 6.42 Å². The van der Waals surface area contributed by atoms with Crippen LogP contribution in [0.5, 0.6) is 11.5 Å². The van der Waals surface area contributed by atoms with E-state index < -0.39 is 10.0 Å². The van der Waals surface area contributed by atoms with Gasteiger partial charge in [0, 0.05) is 13.0 Å². The van der Waals surface area contributed by atoms with Crippen LogP contribution >= 0.6 is 0 Å². The van der Waals surface area contributed by atoms with Gasteiger partial charge in [0.05, 0.1) is 24.8 Å². The van der Waals surface area contributed by atoms with E-state index in [1.807, 2.05) is 0 Å². The normalized spacial score (nSPS) is 11.0. The Labute approximate surface area is 147 Å². The van der Waals surface area contributed by atoms with Crippen LogP contribution in [-0.2, 0) is 14.8 Å². The number of nitrogens with one attached hydrogen (secondary N) is 2. The first-order valence-electron chi connectivity index (χ1n) is 7.53. The second kappa shape index (κ2) is 8.50. The van der Waals surface area contributed by atoms with E-state index in [2.05, 4.69) is 10.0 Å². The lowest BCUT2D eigenvalue weighted by Gasteiger charge is -2.10. The molecule has 0 saturated carbocycles. The third-order valence-electron chi connectivity index (χ3n) is 3.39. The average Bonchev–Trinajstić information content (AvgIpc) is 2.62. The number of anilines is 1. The number of carbonyl (C=O) groups is 1. The van der Waals surface area contributed by atoms with Crippen LogP contribution in [0, 0.1) is 0 Å². The van der Waals surface area contributed by atoms with Gasteiger partial charge >= 0.3 is 0 Å². The largest absolute Gasteiger partial charge is 0.497 e. The van der Waals surface area contributed by atoms with E-state index >= 15 is 0 Å². The van der Waals surface area contributed by atoms with Crippen LogP contribution in [0.25, 0.3) is 0 Å². The molecule has 0 fully saturated rings. The summed E-state index contributed by atoms with van der Waals surface area (Å²) >= 11 is 0. The zero-order valence-corrected chi connectivity index (χ0v) is 14.8. The topological polar surface area (TPSA) is 93.7 Å². The number of benzene rings is 2. The quantitative estimate of drug-likeness (QED) is 0.747. The van der Waals surface area contributed by atoms with Gasteiger partial charge in [-0.2, -0.15) is 0 Å². The van der Waals surface area contributed by atoms with Crippen LogP contribution in [0.4, 0.5) is 5.69 Å². The molecule has 2 aromatic rings. The molecule has 0 heterocycles. The van der Waals surface area contributed by atoms with E-state index in [1.165, 1.54) is 26.4 Å². The highest BCUT2D eigenvalue weighted by Gasteiger charge is 2.14. The fourth-order valence-electron chi connectivity index (χ4n) is 2.10. The monoisotopic (exact) mass is 364 g/mol. The van der Waals surface area contributed by atoms with E-state index in [0.717, 1.165) is 0 Å². The average molecular weight is 364 g/mol. The summed E-state index contributed by atoms with van der Waals surface area (Å²) in [5.74, 6) is 0.784. The Morgan fingerprint density at radius 3 is 2.32 bits per heavy atom. The molecule has 2 aromatic carbocycles. The van der Waals surface area contributed by atoms with E-state index in [0.29, 0.717) is 17.2 Å². The highest BCUT2D eigenvalue weighted by molar-refractivity contribution is 7.89. The fourth-order valence-corrected chi connectivity index (χ4v) is 3.13. The molecular formula is C17H20N2O5S. The highest BCUT2D eigenvalue weighted by Crippen LogP contribution is 2.23. The maximum atomic E-state index is 12.2. The lowest BCUT2D eigenvalue weighted by atomic mass is 10.3. The minimum absolute atomic E-state index is 0.00651. The van der Waals surface area contributed by atoms with Gasteiger partial charge < -0.3 is 14.8 Å². The van der Waals surface area contributed by atoms with Crippen molar-refractivity contribution in [3.8, 4) is 11.5 Å². The Morgan fingerprint density at radius 2 is 1.68 bits per heavy atom. The minimum Gasteiger partial charge on any atom is -0.497 e. The van der Waals surface area contributed by atoms with Gasteiger partial charge in [-0.15, -0.1) is 0 Å². The number of ether oxygens (including phenoxy) is 2. The van der Waals surface area contributed by atoms with Crippen molar-refractivity contribution in [2.75, 3.05) is 26.1 Å². The van der Waals surface area contributed by atoms with Gasteiger partial charge in [-0.3, -0.25) is 4.79 Å². The molecule has 0 saturated heterocycles. The van der Waals surface area contributed by atoms with Crippen molar-refractivity contribution in [3.63, 3.8) is 0 Å². The summed E-state index contributed by atoms with van der Waals surface area (Å²) in [5.41, 5.74) is 0.535. The molecule has 0 atom stereocenters. The number of amides is 1. The Bertz CT molecular complexity index is 819. The maximum Gasteiger partial charge on any atom is 0.240 e. The molecule has 1 amide bonds. The lowest BCUT2D eigenvalue weighted by Crippen LogP contribution is -2.27. The van der Waals surface area contributed by atoms with Crippen molar-refractivity contribution in [1.29, 1.82) is 0 Å². The third kappa shape index (κ3) is 5.20. The second-order valence-corrected chi connectivity index (χ2v) is 6.84. The summed E-state index contributed by atoms with van der Waals surface area (Å²) in [7, 11) is -0.667. The number of hydrogen-bond donors (Lipinski definition) is 2. The van der Waals surface area contributed by atoms with Gasteiger partial charge in [0.25, 0.3) is 0 Å². The van der Waals surface area contributed by atoms with Crippen LogP contribution in [0.2, 0.25) is 0 Å². The van der Waals surface area contributed by atoms with E-state index in [-0.39, 0.29) is 23.8 Å². The summed E-state index contributed by atoms with van der Waals surface area (Å²) in [4.78, 5) is 12.1. The van der Waals surface area contributed by atoms with Crippen molar-refractivity contribution >= 4 is 21.6 Å². The molecule has 2 rings (SSSR count). The van der Waals surface area contributed by atoms with Crippen LogP contribution in [0.3, 0.4) is 0 Å². The number of hydrogen-bond acceptors (Lipinski definition) is 5. The molecule has 2 N–H and O–H groups in total. The predicted molar refractivity (Wildman–Crippen MR) is 94.4 cm³/mol. The zero-order chi connectivity index (χ0) is 18.3. The number of sulfonamides is 1. The Kier molecular flexibility index (Phi) is 6.37. The smallest absolute Gasteiger partial charge is 0.240 e. The first-order chi connectivity index (χ1) is 12.0. The van der Waals surface area contributed by atoms with E-state index in [4.69, 9.17) is 9.47 Å². The molecule has 0 radical (unpaired) electrons. The molecule has 0 unspecified atom stereocenters. The van der Waals surface area contributed by atoms with Crippen molar-refractivity contribution in [2.24, 2.45) is 0 Å². The predicted octanol–water partition coefficient (Wildman–Crippen LogP) is 2.01. The SMILES string of the molecule is COc1ccc(S(=O)(=O)NCCC(=O)Nc2ccccc2OC)cc1. The van der Waals surface area contributed by atoms with Crippen molar-refractivity contribution < 1.29 is 22.7 Å². The molecule has 25 heavy (non-hydrogen) atoms. The van der Waals surface area contributed by atoms with Gasteiger partial charge in [0.2, 0.25) is 15.9 Å². The summed E-state index contributed by atoms with van der Waals surface area (Å²) < 4.78 is 36.9. The van der Waals surface area contributed by atoms with E-state index in [1.54, 1.807) is 36.4 Å². The van der Waals surface area contributed by atoms with E-state index in [9.17, 15) is 13.2 Å². The van der Waals surface area contributed by atoms with Crippen LogP contribution in [-0.4, -0.2) is 35.1 Å².